The molecule has 0 spiro atoms. The molecule has 0 saturated carbocycles. The van der Waals surface area contributed by atoms with Crippen LogP contribution in [-0.2, 0) is 4.79 Å². The van der Waals surface area contributed by atoms with Gasteiger partial charge in [0.1, 0.15) is 11.6 Å². The van der Waals surface area contributed by atoms with Crippen molar-refractivity contribution in [3.8, 4) is 23.2 Å². The first-order chi connectivity index (χ1) is 14.7. The largest absolute Gasteiger partial charge is 0.411 e. The number of amides is 1. The quantitative estimate of drug-likeness (QED) is 0.451. The van der Waals surface area contributed by atoms with Gasteiger partial charge in [0.2, 0.25) is 11.8 Å². The van der Waals surface area contributed by atoms with Crippen molar-refractivity contribution in [2.75, 3.05) is 11.1 Å². The summed E-state index contributed by atoms with van der Waals surface area (Å²) >= 11 is 7.21. The highest BCUT2D eigenvalue weighted by molar-refractivity contribution is 7.99. The Bertz CT molecular complexity index is 1230. The molecule has 0 atom stereocenters. The fraction of sp³-hybridized carbons (Fsp3) is 0.0500. The highest BCUT2D eigenvalue weighted by atomic mass is 35.5. The van der Waals surface area contributed by atoms with Gasteiger partial charge in [-0.05, 0) is 24.3 Å². The predicted octanol–water partition coefficient (Wildman–Crippen LogP) is 4.18. The number of hydrogen-bond acceptors (Lipinski definition) is 7. The Kier molecular flexibility index (Phi) is 5.79. The van der Waals surface area contributed by atoms with E-state index in [4.69, 9.17) is 16.0 Å². The third-order valence-electron chi connectivity index (χ3n) is 3.99. The second-order valence-electron chi connectivity index (χ2n) is 5.96. The van der Waals surface area contributed by atoms with Crippen LogP contribution >= 0.6 is 23.4 Å². The number of benzene rings is 2. The van der Waals surface area contributed by atoms with Crippen LogP contribution in [0.4, 0.5) is 5.82 Å². The number of halogens is 1. The summed E-state index contributed by atoms with van der Waals surface area (Å²) in [7, 11) is 0. The van der Waals surface area contributed by atoms with Gasteiger partial charge < -0.3 is 9.73 Å². The minimum Gasteiger partial charge on any atom is -0.411 e. The molecule has 2 heterocycles. The summed E-state index contributed by atoms with van der Waals surface area (Å²) in [5.41, 5.74) is 1.60. The van der Waals surface area contributed by atoms with E-state index < -0.39 is 0 Å². The second kappa shape index (κ2) is 8.82. The van der Waals surface area contributed by atoms with Crippen molar-refractivity contribution >= 4 is 35.1 Å². The van der Waals surface area contributed by atoms with Crippen molar-refractivity contribution in [2.24, 2.45) is 0 Å². The number of nitrogens with one attached hydrogen (secondary N) is 1. The molecule has 0 aliphatic carbocycles. The van der Waals surface area contributed by atoms with E-state index in [9.17, 15) is 10.1 Å². The van der Waals surface area contributed by atoms with Crippen molar-refractivity contribution in [2.45, 2.75) is 5.22 Å². The lowest BCUT2D eigenvalue weighted by Crippen LogP contribution is -2.17. The Morgan fingerprint density at radius 1 is 1.17 bits per heavy atom. The lowest BCUT2D eigenvalue weighted by atomic mass is 10.2. The maximum atomic E-state index is 12.5. The topological polar surface area (TPSA) is 110 Å². The predicted molar refractivity (Wildman–Crippen MR) is 112 cm³/mol. The van der Waals surface area contributed by atoms with Crippen molar-refractivity contribution in [1.29, 1.82) is 5.26 Å². The average Bonchev–Trinajstić information content (AvgIpc) is 3.40. The van der Waals surface area contributed by atoms with E-state index in [0.29, 0.717) is 16.4 Å². The molecule has 8 nitrogen and oxygen atoms in total. The summed E-state index contributed by atoms with van der Waals surface area (Å²) in [6.07, 6.45) is 1.41. The molecular weight excluding hydrogens is 424 g/mol. The van der Waals surface area contributed by atoms with Gasteiger partial charge in [-0.3, -0.25) is 4.79 Å². The van der Waals surface area contributed by atoms with Gasteiger partial charge in [0.05, 0.1) is 28.2 Å². The minimum absolute atomic E-state index is 0.00892. The van der Waals surface area contributed by atoms with Crippen LogP contribution < -0.4 is 5.32 Å². The lowest BCUT2D eigenvalue weighted by Gasteiger charge is -2.09. The number of carbonyl (C=O) groups excluding carboxylic acids is 1. The van der Waals surface area contributed by atoms with Gasteiger partial charge in [0.25, 0.3) is 5.22 Å². The van der Waals surface area contributed by atoms with Crippen LogP contribution in [0.5, 0.6) is 0 Å². The van der Waals surface area contributed by atoms with Crippen molar-refractivity contribution in [1.82, 2.24) is 20.0 Å². The number of nitriles is 1. The van der Waals surface area contributed by atoms with Gasteiger partial charge in [0, 0.05) is 0 Å². The standard InChI is InChI=1S/C20H13ClN6O2S/c21-16-9-5-4-8-15(16)19-25-26-20(29-19)30-12-17(28)24-18-13(10-22)11-23-27(18)14-6-2-1-3-7-14/h1-9,11H,12H2,(H,24,28). The van der Waals surface area contributed by atoms with Crippen molar-refractivity contribution in [3.05, 3.63) is 71.4 Å². The molecule has 0 unspecified atom stereocenters. The summed E-state index contributed by atoms with van der Waals surface area (Å²) in [5, 5.41) is 24.9. The Morgan fingerprint density at radius 3 is 2.70 bits per heavy atom. The molecule has 0 bridgehead atoms. The first kappa shape index (κ1) is 19.7. The van der Waals surface area contributed by atoms with Crippen LogP contribution in [0.3, 0.4) is 0 Å². The molecular formula is C20H13ClN6O2S. The number of carbonyl (C=O) groups is 1. The lowest BCUT2D eigenvalue weighted by molar-refractivity contribution is -0.113. The fourth-order valence-corrected chi connectivity index (χ4v) is 3.40. The van der Waals surface area contributed by atoms with Crippen molar-refractivity contribution < 1.29 is 9.21 Å². The monoisotopic (exact) mass is 436 g/mol. The van der Waals surface area contributed by atoms with Crippen LogP contribution in [0.1, 0.15) is 5.56 Å². The molecule has 0 aliphatic heterocycles. The van der Waals surface area contributed by atoms with E-state index in [0.717, 1.165) is 17.4 Å². The van der Waals surface area contributed by atoms with E-state index in [1.807, 2.05) is 42.5 Å². The third kappa shape index (κ3) is 4.20. The molecule has 0 saturated heterocycles. The van der Waals surface area contributed by atoms with E-state index in [1.54, 1.807) is 18.2 Å². The third-order valence-corrected chi connectivity index (χ3v) is 5.13. The normalized spacial score (nSPS) is 10.5. The Hall–Kier alpha value is -3.61. The highest BCUT2D eigenvalue weighted by Gasteiger charge is 2.17. The molecule has 2 aromatic heterocycles. The van der Waals surface area contributed by atoms with E-state index >= 15 is 0 Å². The van der Waals surface area contributed by atoms with Gasteiger partial charge in [-0.15, -0.1) is 10.2 Å². The number of hydrogen-bond donors (Lipinski definition) is 1. The van der Waals surface area contributed by atoms with Gasteiger partial charge >= 0.3 is 0 Å². The van der Waals surface area contributed by atoms with Gasteiger partial charge in [0.15, 0.2) is 5.82 Å². The molecule has 0 radical (unpaired) electrons. The van der Waals surface area contributed by atoms with Crippen LogP contribution in [0.25, 0.3) is 17.1 Å². The highest BCUT2D eigenvalue weighted by Crippen LogP contribution is 2.28. The number of para-hydroxylation sites is 1. The first-order valence-corrected chi connectivity index (χ1v) is 10.1. The molecule has 0 aliphatic rings. The summed E-state index contributed by atoms with van der Waals surface area (Å²) in [6.45, 7) is 0. The molecule has 2 aromatic carbocycles. The summed E-state index contributed by atoms with van der Waals surface area (Å²) in [6, 6.07) is 18.4. The van der Waals surface area contributed by atoms with Crippen LogP contribution in [0.2, 0.25) is 5.02 Å². The van der Waals surface area contributed by atoms with Crippen molar-refractivity contribution in [3.63, 3.8) is 0 Å². The maximum absolute atomic E-state index is 12.5. The smallest absolute Gasteiger partial charge is 0.277 e. The molecule has 10 heteroatoms. The second-order valence-corrected chi connectivity index (χ2v) is 7.29. The fourth-order valence-electron chi connectivity index (χ4n) is 2.62. The minimum atomic E-state index is -0.341. The Balaban J connectivity index is 1.45. The number of thioether (sulfide) groups is 1. The molecule has 4 aromatic rings. The molecule has 1 amide bonds. The zero-order valence-electron chi connectivity index (χ0n) is 15.3. The zero-order chi connectivity index (χ0) is 20.9. The van der Waals surface area contributed by atoms with Crippen LogP contribution in [-0.4, -0.2) is 31.6 Å². The molecule has 0 fully saturated rings. The average molecular weight is 437 g/mol. The van der Waals surface area contributed by atoms with E-state index in [-0.39, 0.29) is 28.3 Å². The van der Waals surface area contributed by atoms with Gasteiger partial charge in [-0.25, -0.2) is 4.68 Å². The number of nitrogens with zero attached hydrogens (tertiary/aromatic N) is 5. The number of aromatic nitrogens is 4. The maximum Gasteiger partial charge on any atom is 0.277 e. The SMILES string of the molecule is N#Cc1cnn(-c2ccccc2)c1NC(=O)CSc1nnc(-c2ccccc2Cl)o1. The van der Waals surface area contributed by atoms with Crippen LogP contribution in [0.15, 0.2) is 70.4 Å². The Morgan fingerprint density at radius 2 is 1.93 bits per heavy atom. The molecule has 1 N–H and O–H groups in total. The zero-order valence-corrected chi connectivity index (χ0v) is 16.9. The van der Waals surface area contributed by atoms with Gasteiger partial charge in [-0.2, -0.15) is 10.4 Å². The number of anilines is 1. The first-order valence-electron chi connectivity index (χ1n) is 8.70. The summed E-state index contributed by atoms with van der Waals surface area (Å²) in [5.74, 6) is 0.246. The van der Waals surface area contributed by atoms with Crippen LogP contribution in [0, 0.1) is 11.3 Å². The van der Waals surface area contributed by atoms with E-state index in [1.165, 1.54) is 10.9 Å². The summed E-state index contributed by atoms with van der Waals surface area (Å²) in [4.78, 5) is 12.5. The Labute approximate surface area is 180 Å². The summed E-state index contributed by atoms with van der Waals surface area (Å²) < 4.78 is 7.08. The molecule has 148 valence electrons. The molecule has 30 heavy (non-hydrogen) atoms. The molecule has 4 rings (SSSR count). The van der Waals surface area contributed by atoms with E-state index in [2.05, 4.69) is 20.6 Å². The van der Waals surface area contributed by atoms with Gasteiger partial charge in [-0.1, -0.05) is 53.7 Å². The number of rotatable bonds is 6.